The highest BCUT2D eigenvalue weighted by Gasteiger charge is 2.22. The van der Waals surface area contributed by atoms with Gasteiger partial charge in [0, 0.05) is 56.8 Å². The van der Waals surface area contributed by atoms with Gasteiger partial charge >= 0.3 is 0 Å². The lowest BCUT2D eigenvalue weighted by Gasteiger charge is -2.34. The highest BCUT2D eigenvalue weighted by Crippen LogP contribution is 2.22. The van der Waals surface area contributed by atoms with Crippen molar-refractivity contribution in [3.05, 3.63) is 46.2 Å². The van der Waals surface area contributed by atoms with E-state index in [2.05, 4.69) is 38.8 Å². The fourth-order valence-electron chi connectivity index (χ4n) is 3.61. The van der Waals surface area contributed by atoms with Gasteiger partial charge in [0.05, 0.1) is 11.6 Å². The van der Waals surface area contributed by atoms with Crippen LogP contribution < -0.4 is 0 Å². The van der Waals surface area contributed by atoms with Crippen molar-refractivity contribution >= 4 is 11.3 Å². The van der Waals surface area contributed by atoms with Crippen LogP contribution in [0.3, 0.4) is 0 Å². The second kappa shape index (κ2) is 10.1. The standard InChI is InChI=1S/C20H30N4OS/c1-17-22-13-20(26-17)16-24(14-18-3-7-21-8-4-18)15-19-5-9-23(10-6-19)11-12-25-2/h3-4,7-8,13,19H,5-6,9-12,14-16H2,1-2H3. The molecule has 0 aliphatic carbocycles. The van der Waals surface area contributed by atoms with E-state index in [1.165, 1.54) is 36.4 Å². The largest absolute Gasteiger partial charge is 0.383 e. The molecule has 26 heavy (non-hydrogen) atoms. The normalized spacial score (nSPS) is 16.4. The number of rotatable bonds is 9. The topological polar surface area (TPSA) is 41.5 Å². The number of hydrogen-bond acceptors (Lipinski definition) is 6. The minimum absolute atomic E-state index is 0.768. The van der Waals surface area contributed by atoms with Crippen LogP contribution in [0.15, 0.2) is 30.7 Å². The summed E-state index contributed by atoms with van der Waals surface area (Å²) in [5.41, 5.74) is 1.33. The van der Waals surface area contributed by atoms with Crippen molar-refractivity contribution in [2.75, 3.05) is 39.9 Å². The van der Waals surface area contributed by atoms with E-state index in [1.54, 1.807) is 7.11 Å². The van der Waals surface area contributed by atoms with Crippen molar-refractivity contribution < 1.29 is 4.74 Å². The molecule has 0 N–H and O–H groups in total. The molecule has 1 aliphatic heterocycles. The van der Waals surface area contributed by atoms with Crippen LogP contribution in [0.2, 0.25) is 0 Å². The van der Waals surface area contributed by atoms with Gasteiger partial charge in [-0.15, -0.1) is 11.3 Å². The summed E-state index contributed by atoms with van der Waals surface area (Å²) >= 11 is 1.81. The van der Waals surface area contributed by atoms with E-state index in [1.807, 2.05) is 29.9 Å². The maximum Gasteiger partial charge on any atom is 0.0897 e. The predicted molar refractivity (Wildman–Crippen MR) is 106 cm³/mol. The number of thiazole rings is 1. The zero-order chi connectivity index (χ0) is 18.2. The van der Waals surface area contributed by atoms with Crippen molar-refractivity contribution in [2.24, 2.45) is 5.92 Å². The number of aromatic nitrogens is 2. The molecule has 0 amide bonds. The molecule has 2 aromatic heterocycles. The lowest BCUT2D eigenvalue weighted by atomic mass is 9.96. The number of likely N-dealkylation sites (tertiary alicyclic amines) is 1. The number of methoxy groups -OCH3 is 1. The highest BCUT2D eigenvalue weighted by molar-refractivity contribution is 7.11. The van der Waals surface area contributed by atoms with Gasteiger partial charge in [-0.05, 0) is 56.5 Å². The van der Waals surface area contributed by atoms with E-state index in [0.717, 1.165) is 43.7 Å². The van der Waals surface area contributed by atoms with Gasteiger partial charge in [-0.2, -0.15) is 0 Å². The first-order chi connectivity index (χ1) is 12.7. The summed E-state index contributed by atoms with van der Waals surface area (Å²) in [4.78, 5) is 15.0. The monoisotopic (exact) mass is 374 g/mol. The maximum absolute atomic E-state index is 5.21. The Morgan fingerprint density at radius 2 is 2.00 bits per heavy atom. The quantitative estimate of drug-likeness (QED) is 0.674. The zero-order valence-corrected chi connectivity index (χ0v) is 16.7. The van der Waals surface area contributed by atoms with Crippen molar-refractivity contribution in [2.45, 2.75) is 32.9 Å². The molecule has 0 saturated carbocycles. The lowest BCUT2D eigenvalue weighted by Crippen LogP contribution is -2.39. The molecule has 0 atom stereocenters. The van der Waals surface area contributed by atoms with Gasteiger partial charge in [0.1, 0.15) is 0 Å². The van der Waals surface area contributed by atoms with Crippen LogP contribution in [0, 0.1) is 12.8 Å². The maximum atomic E-state index is 5.21. The summed E-state index contributed by atoms with van der Waals surface area (Å²) < 4.78 is 5.21. The first-order valence-corrected chi connectivity index (χ1v) is 10.3. The van der Waals surface area contributed by atoms with Gasteiger partial charge in [0.25, 0.3) is 0 Å². The number of aryl methyl sites for hydroxylation is 1. The molecule has 1 fully saturated rings. The zero-order valence-electron chi connectivity index (χ0n) is 15.9. The molecule has 142 valence electrons. The van der Waals surface area contributed by atoms with Crippen LogP contribution in [0.4, 0.5) is 0 Å². The molecule has 5 nitrogen and oxygen atoms in total. The average Bonchev–Trinajstić information content (AvgIpc) is 3.06. The fourth-order valence-corrected chi connectivity index (χ4v) is 4.45. The fraction of sp³-hybridized carbons (Fsp3) is 0.600. The van der Waals surface area contributed by atoms with Gasteiger partial charge in [0.2, 0.25) is 0 Å². The summed E-state index contributed by atoms with van der Waals surface area (Å²) in [5.74, 6) is 0.768. The van der Waals surface area contributed by atoms with E-state index < -0.39 is 0 Å². The molecule has 0 spiro atoms. The predicted octanol–water partition coefficient (Wildman–Crippen LogP) is 3.21. The van der Waals surface area contributed by atoms with Crippen LogP contribution in [0.1, 0.15) is 28.3 Å². The van der Waals surface area contributed by atoms with Gasteiger partial charge in [-0.1, -0.05) is 0 Å². The van der Waals surface area contributed by atoms with Crippen LogP contribution in [0.5, 0.6) is 0 Å². The van der Waals surface area contributed by atoms with E-state index in [9.17, 15) is 0 Å². The van der Waals surface area contributed by atoms with Crippen molar-refractivity contribution in [3.8, 4) is 0 Å². The number of ether oxygens (including phenoxy) is 1. The van der Waals surface area contributed by atoms with Gasteiger partial charge in [0.15, 0.2) is 0 Å². The van der Waals surface area contributed by atoms with Crippen molar-refractivity contribution in [1.82, 2.24) is 19.8 Å². The minimum atomic E-state index is 0.768. The summed E-state index contributed by atoms with van der Waals surface area (Å²) in [6.07, 6.45) is 8.36. The molecule has 6 heteroatoms. The Kier molecular flexibility index (Phi) is 7.55. The molecule has 0 bridgehead atoms. The van der Waals surface area contributed by atoms with Crippen molar-refractivity contribution in [1.29, 1.82) is 0 Å². The number of hydrogen-bond donors (Lipinski definition) is 0. The minimum Gasteiger partial charge on any atom is -0.383 e. The lowest BCUT2D eigenvalue weighted by molar-refractivity contribution is 0.104. The highest BCUT2D eigenvalue weighted by atomic mass is 32.1. The summed E-state index contributed by atoms with van der Waals surface area (Å²) in [6.45, 7) is 9.47. The Morgan fingerprint density at radius 3 is 2.65 bits per heavy atom. The molecule has 2 aromatic rings. The Balaban J connectivity index is 1.56. The first kappa shape index (κ1) is 19.4. The number of piperidine rings is 1. The molecule has 3 rings (SSSR count). The summed E-state index contributed by atoms with van der Waals surface area (Å²) in [7, 11) is 1.78. The van der Waals surface area contributed by atoms with E-state index in [0.29, 0.717) is 0 Å². The van der Waals surface area contributed by atoms with E-state index in [-0.39, 0.29) is 0 Å². The Morgan fingerprint density at radius 1 is 1.23 bits per heavy atom. The number of pyridine rings is 1. The molecule has 0 unspecified atom stereocenters. The van der Waals surface area contributed by atoms with Crippen LogP contribution in [0.25, 0.3) is 0 Å². The molecule has 0 radical (unpaired) electrons. The second-order valence-electron chi connectivity index (χ2n) is 7.15. The molecule has 3 heterocycles. The smallest absolute Gasteiger partial charge is 0.0897 e. The third kappa shape index (κ3) is 6.13. The Labute approximate surface area is 161 Å². The average molecular weight is 375 g/mol. The summed E-state index contributed by atoms with van der Waals surface area (Å²) in [5, 5.41) is 1.15. The van der Waals surface area contributed by atoms with Gasteiger partial charge in [-0.25, -0.2) is 4.98 Å². The van der Waals surface area contributed by atoms with Crippen LogP contribution >= 0.6 is 11.3 Å². The third-order valence-electron chi connectivity index (χ3n) is 5.04. The molecular formula is C20H30N4OS. The van der Waals surface area contributed by atoms with Gasteiger partial charge in [-0.3, -0.25) is 9.88 Å². The van der Waals surface area contributed by atoms with Gasteiger partial charge < -0.3 is 9.64 Å². The Hall–Kier alpha value is -1.34. The number of nitrogens with zero attached hydrogens (tertiary/aromatic N) is 4. The first-order valence-electron chi connectivity index (χ1n) is 9.47. The van der Waals surface area contributed by atoms with Crippen molar-refractivity contribution in [3.63, 3.8) is 0 Å². The molecular weight excluding hydrogens is 344 g/mol. The van der Waals surface area contributed by atoms with E-state index >= 15 is 0 Å². The van der Waals surface area contributed by atoms with E-state index in [4.69, 9.17) is 4.74 Å². The second-order valence-corrected chi connectivity index (χ2v) is 8.47. The molecule has 1 aliphatic rings. The third-order valence-corrected chi connectivity index (χ3v) is 5.94. The SMILES string of the molecule is COCCN1CCC(CN(Cc2ccncc2)Cc2cnc(C)s2)CC1. The van der Waals surface area contributed by atoms with Crippen LogP contribution in [-0.2, 0) is 17.8 Å². The molecule has 1 saturated heterocycles. The Bertz CT molecular complexity index is 640. The molecule has 0 aromatic carbocycles. The van der Waals surface area contributed by atoms with Crippen LogP contribution in [-0.4, -0.2) is 59.7 Å². The summed E-state index contributed by atoms with van der Waals surface area (Å²) in [6, 6.07) is 4.25.